The maximum atomic E-state index is 12.4. The van der Waals surface area contributed by atoms with E-state index in [2.05, 4.69) is 0 Å². The molecule has 1 N–H and O–H groups in total. The standard InChI is InChI=1S/C9H13F5O2S/c1-6(7(15)16)17-5-3-2-4-8(10,11)9(12,13)14/h6H,2-5H2,1H3,(H,15,16). The second kappa shape index (κ2) is 6.42. The Hall–Kier alpha value is -0.530. The minimum atomic E-state index is -5.51. The molecule has 0 spiro atoms. The molecule has 0 saturated heterocycles. The summed E-state index contributed by atoms with van der Waals surface area (Å²) >= 11 is 1.02. The van der Waals surface area contributed by atoms with Crippen LogP contribution in [-0.4, -0.2) is 34.2 Å². The van der Waals surface area contributed by atoms with Crippen LogP contribution < -0.4 is 0 Å². The molecule has 1 atom stereocenters. The van der Waals surface area contributed by atoms with Crippen LogP contribution in [0.25, 0.3) is 0 Å². The lowest BCUT2D eigenvalue weighted by atomic mass is 10.1. The van der Waals surface area contributed by atoms with Gasteiger partial charge in [-0.3, -0.25) is 4.79 Å². The lowest BCUT2D eigenvalue weighted by Crippen LogP contribution is -2.36. The number of halogens is 5. The fraction of sp³-hybridized carbons (Fsp3) is 0.889. The highest BCUT2D eigenvalue weighted by molar-refractivity contribution is 8.00. The molecule has 0 heterocycles. The van der Waals surface area contributed by atoms with Gasteiger partial charge in [0.1, 0.15) is 0 Å². The molecule has 0 radical (unpaired) electrons. The predicted octanol–water partition coefficient (Wildman–Crippen LogP) is 3.56. The second-order valence-corrected chi connectivity index (χ2v) is 4.96. The van der Waals surface area contributed by atoms with E-state index in [1.165, 1.54) is 6.92 Å². The third kappa shape index (κ3) is 6.09. The quantitative estimate of drug-likeness (QED) is 0.572. The van der Waals surface area contributed by atoms with Crippen LogP contribution in [-0.2, 0) is 4.79 Å². The lowest BCUT2D eigenvalue weighted by molar-refractivity contribution is -0.284. The molecule has 0 aliphatic carbocycles. The van der Waals surface area contributed by atoms with Crippen LogP contribution in [0, 0.1) is 0 Å². The van der Waals surface area contributed by atoms with Crippen molar-refractivity contribution in [1.82, 2.24) is 0 Å². The Morgan fingerprint density at radius 2 is 1.76 bits per heavy atom. The minimum Gasteiger partial charge on any atom is -0.480 e. The van der Waals surface area contributed by atoms with Gasteiger partial charge in [0.2, 0.25) is 0 Å². The normalized spacial score (nSPS) is 14.7. The van der Waals surface area contributed by atoms with Gasteiger partial charge < -0.3 is 5.11 Å². The molecule has 17 heavy (non-hydrogen) atoms. The van der Waals surface area contributed by atoms with Crippen LogP contribution >= 0.6 is 11.8 Å². The molecule has 0 aromatic rings. The van der Waals surface area contributed by atoms with Crippen molar-refractivity contribution in [2.24, 2.45) is 0 Å². The van der Waals surface area contributed by atoms with E-state index >= 15 is 0 Å². The number of rotatable bonds is 7. The molecule has 8 heteroatoms. The van der Waals surface area contributed by atoms with Gasteiger partial charge in [-0.25, -0.2) is 0 Å². The van der Waals surface area contributed by atoms with E-state index in [0.29, 0.717) is 0 Å². The molecule has 0 amide bonds. The third-order valence-corrected chi connectivity index (χ3v) is 3.24. The van der Waals surface area contributed by atoms with Gasteiger partial charge in [0, 0.05) is 6.42 Å². The number of alkyl halides is 5. The number of hydrogen-bond acceptors (Lipinski definition) is 2. The first-order valence-electron chi connectivity index (χ1n) is 4.87. The Bertz CT molecular complexity index is 254. The van der Waals surface area contributed by atoms with Crippen molar-refractivity contribution in [3.63, 3.8) is 0 Å². The van der Waals surface area contributed by atoms with Crippen LogP contribution in [0.4, 0.5) is 22.0 Å². The smallest absolute Gasteiger partial charge is 0.453 e. The molecule has 0 rings (SSSR count). The third-order valence-electron chi connectivity index (χ3n) is 2.02. The summed E-state index contributed by atoms with van der Waals surface area (Å²) in [6.45, 7) is 1.43. The first-order chi connectivity index (χ1) is 7.58. The van der Waals surface area contributed by atoms with Crippen LogP contribution in [0.1, 0.15) is 26.2 Å². The number of carboxylic acid groups (broad SMARTS) is 1. The van der Waals surface area contributed by atoms with E-state index in [-0.39, 0.29) is 18.6 Å². The largest absolute Gasteiger partial charge is 0.480 e. The summed E-state index contributed by atoms with van der Waals surface area (Å²) < 4.78 is 60.1. The average molecular weight is 280 g/mol. The van der Waals surface area contributed by atoms with Crippen molar-refractivity contribution in [2.45, 2.75) is 43.5 Å². The molecule has 0 aliphatic rings. The summed E-state index contributed by atoms with van der Waals surface area (Å²) in [4.78, 5) is 10.4. The molecule has 2 nitrogen and oxygen atoms in total. The van der Waals surface area contributed by atoms with E-state index in [1.54, 1.807) is 0 Å². The molecule has 0 aliphatic heterocycles. The zero-order valence-electron chi connectivity index (χ0n) is 9.06. The zero-order valence-corrected chi connectivity index (χ0v) is 9.88. The van der Waals surface area contributed by atoms with Crippen LogP contribution in [0.15, 0.2) is 0 Å². The number of hydrogen-bond donors (Lipinski definition) is 1. The summed E-state index contributed by atoms with van der Waals surface area (Å²) in [6.07, 6.45) is -6.91. The molecule has 0 bridgehead atoms. The van der Waals surface area contributed by atoms with E-state index < -0.39 is 29.7 Å². The number of thioether (sulfide) groups is 1. The maximum Gasteiger partial charge on any atom is 0.453 e. The molecule has 0 aromatic heterocycles. The zero-order chi connectivity index (χ0) is 13.7. The number of unbranched alkanes of at least 4 members (excludes halogenated alkanes) is 1. The van der Waals surface area contributed by atoms with Gasteiger partial charge in [0.25, 0.3) is 0 Å². The lowest BCUT2D eigenvalue weighted by Gasteiger charge is -2.19. The van der Waals surface area contributed by atoms with Gasteiger partial charge in [0.05, 0.1) is 5.25 Å². The SMILES string of the molecule is CC(SCCCCC(F)(F)C(F)(F)F)C(=O)O. The fourth-order valence-corrected chi connectivity index (χ4v) is 1.79. The van der Waals surface area contributed by atoms with Gasteiger partial charge in [-0.2, -0.15) is 22.0 Å². The molecule has 0 aromatic carbocycles. The second-order valence-electron chi connectivity index (χ2n) is 3.51. The van der Waals surface area contributed by atoms with Crippen LogP contribution in [0.2, 0.25) is 0 Å². The van der Waals surface area contributed by atoms with E-state index in [1.807, 2.05) is 0 Å². The van der Waals surface area contributed by atoms with Crippen molar-refractivity contribution in [2.75, 3.05) is 5.75 Å². The minimum absolute atomic E-state index is 0.133. The van der Waals surface area contributed by atoms with Crippen molar-refractivity contribution in [3.05, 3.63) is 0 Å². The topological polar surface area (TPSA) is 37.3 Å². The Balaban J connectivity index is 3.76. The Morgan fingerprint density at radius 1 is 1.24 bits per heavy atom. The van der Waals surface area contributed by atoms with E-state index in [0.717, 1.165) is 11.8 Å². The molecule has 1 unspecified atom stereocenters. The van der Waals surface area contributed by atoms with Gasteiger partial charge >= 0.3 is 18.1 Å². The average Bonchev–Trinajstić information content (AvgIpc) is 2.14. The number of aliphatic carboxylic acids is 1. The summed E-state index contributed by atoms with van der Waals surface area (Å²) in [6, 6.07) is 0. The molecular formula is C9H13F5O2S. The van der Waals surface area contributed by atoms with Crippen LogP contribution in [0.3, 0.4) is 0 Å². The van der Waals surface area contributed by atoms with Gasteiger partial charge in [-0.15, -0.1) is 11.8 Å². The number of carbonyl (C=O) groups is 1. The Kier molecular flexibility index (Phi) is 6.22. The Labute approximate surface area is 99.6 Å². The molecular weight excluding hydrogens is 267 g/mol. The van der Waals surface area contributed by atoms with Crippen molar-refractivity contribution < 1.29 is 31.9 Å². The first-order valence-corrected chi connectivity index (χ1v) is 5.92. The summed E-state index contributed by atoms with van der Waals surface area (Å²) in [5, 5.41) is 7.80. The van der Waals surface area contributed by atoms with Gasteiger partial charge in [-0.05, 0) is 25.5 Å². The highest BCUT2D eigenvalue weighted by Gasteiger charge is 2.56. The fourth-order valence-electron chi connectivity index (χ4n) is 0.922. The van der Waals surface area contributed by atoms with Crippen LogP contribution in [0.5, 0.6) is 0 Å². The maximum absolute atomic E-state index is 12.4. The highest BCUT2D eigenvalue weighted by Crippen LogP contribution is 2.39. The summed E-state index contributed by atoms with van der Waals surface area (Å²) in [5.41, 5.74) is 0. The summed E-state index contributed by atoms with van der Waals surface area (Å²) in [5.74, 6) is -5.44. The van der Waals surface area contributed by atoms with Crippen molar-refractivity contribution >= 4 is 17.7 Å². The number of carboxylic acids is 1. The summed E-state index contributed by atoms with van der Waals surface area (Å²) in [7, 11) is 0. The van der Waals surface area contributed by atoms with Gasteiger partial charge in [0.15, 0.2) is 0 Å². The monoisotopic (exact) mass is 280 g/mol. The Morgan fingerprint density at radius 3 is 2.18 bits per heavy atom. The first kappa shape index (κ1) is 16.5. The van der Waals surface area contributed by atoms with Gasteiger partial charge in [-0.1, -0.05) is 0 Å². The molecule has 102 valence electrons. The predicted molar refractivity (Wildman–Crippen MR) is 54.4 cm³/mol. The van der Waals surface area contributed by atoms with E-state index in [4.69, 9.17) is 5.11 Å². The van der Waals surface area contributed by atoms with Crippen molar-refractivity contribution in [1.29, 1.82) is 0 Å². The van der Waals surface area contributed by atoms with E-state index in [9.17, 15) is 26.7 Å². The molecule has 0 saturated carbocycles. The van der Waals surface area contributed by atoms with Crippen molar-refractivity contribution in [3.8, 4) is 0 Å². The highest BCUT2D eigenvalue weighted by atomic mass is 32.2. The molecule has 0 fully saturated rings.